The number of cyclic esters (lactones) is 1. The van der Waals surface area contributed by atoms with Crippen LogP contribution in [0.4, 0.5) is 25.1 Å². The van der Waals surface area contributed by atoms with Crippen molar-refractivity contribution in [3.05, 3.63) is 42.1 Å². The highest BCUT2D eigenvalue weighted by Gasteiger charge is 2.33. The maximum Gasteiger partial charge on any atom is 0.414 e. The molecule has 2 amide bonds. The minimum atomic E-state index is -3.04. The second kappa shape index (κ2) is 8.93. The Hall–Kier alpha value is -3.28. The molecule has 0 saturated carbocycles. The second-order valence-electron chi connectivity index (χ2n) is 7.88. The van der Waals surface area contributed by atoms with Crippen LogP contribution in [0.3, 0.4) is 0 Å². The van der Waals surface area contributed by atoms with E-state index >= 15 is 0 Å². The van der Waals surface area contributed by atoms with E-state index in [2.05, 4.69) is 10.3 Å². The van der Waals surface area contributed by atoms with Crippen LogP contribution in [-0.2, 0) is 19.4 Å². The number of nitrogens with one attached hydrogen (secondary N) is 1. The highest BCUT2D eigenvalue weighted by atomic mass is 32.2. The summed E-state index contributed by atoms with van der Waals surface area (Å²) in [6, 6.07) is 5.19. The van der Waals surface area contributed by atoms with Gasteiger partial charge in [-0.3, -0.25) is 9.69 Å². The number of benzene rings is 1. The Bertz CT molecular complexity index is 1150. The lowest BCUT2D eigenvalue weighted by atomic mass is 10.1. The number of carbonyl (C=O) groups excluding carboxylic acids is 2. The normalized spacial score (nSPS) is 20.0. The molecule has 2 aromatic rings. The third-order valence-electron chi connectivity index (χ3n) is 5.50. The van der Waals surface area contributed by atoms with Crippen molar-refractivity contribution in [2.45, 2.75) is 13.0 Å². The van der Waals surface area contributed by atoms with E-state index in [4.69, 9.17) is 4.74 Å². The van der Waals surface area contributed by atoms with Crippen molar-refractivity contribution in [1.82, 2.24) is 10.3 Å². The molecule has 12 heteroatoms. The zero-order chi connectivity index (χ0) is 23.8. The van der Waals surface area contributed by atoms with Gasteiger partial charge in [0.25, 0.3) is 0 Å². The summed E-state index contributed by atoms with van der Waals surface area (Å²) in [5.74, 6) is -1.44. The molecule has 2 saturated heterocycles. The fourth-order valence-corrected chi connectivity index (χ4v) is 4.95. The number of sulfone groups is 1. The number of nitrogens with zero attached hydrogens (tertiary/aromatic N) is 3. The SMILES string of the molecule is CC(=O)NCC1CN(c2cc(F)c(-c3ccc(N4CCS(=O)(=O)CC4)nc3)c(F)c2)C(=O)O1. The number of ether oxygens (including phenoxy) is 1. The first-order valence-corrected chi connectivity index (χ1v) is 12.1. The number of carbonyl (C=O) groups is 2. The molecule has 1 unspecified atom stereocenters. The summed E-state index contributed by atoms with van der Waals surface area (Å²) in [7, 11) is -3.04. The monoisotopic (exact) mass is 480 g/mol. The smallest absolute Gasteiger partial charge is 0.414 e. The number of amides is 2. The topological polar surface area (TPSA) is 109 Å². The standard InChI is InChI=1S/C21H22F2N4O5S/c1-13(28)24-11-16-12-27(21(29)32-16)15-8-17(22)20(18(23)9-15)14-2-3-19(25-10-14)26-4-6-33(30,31)7-5-26/h2-3,8-10,16H,4-7,11-12H2,1H3,(H,24,28). The lowest BCUT2D eigenvalue weighted by Gasteiger charge is -2.27. The molecule has 0 bridgehead atoms. The van der Waals surface area contributed by atoms with E-state index in [-0.39, 0.29) is 47.3 Å². The van der Waals surface area contributed by atoms with Crippen molar-refractivity contribution in [2.75, 3.05) is 47.5 Å². The Morgan fingerprint density at radius 2 is 1.88 bits per heavy atom. The van der Waals surface area contributed by atoms with Crippen molar-refractivity contribution in [3.63, 3.8) is 0 Å². The first-order valence-electron chi connectivity index (χ1n) is 10.3. The van der Waals surface area contributed by atoms with Gasteiger partial charge in [0.15, 0.2) is 9.84 Å². The summed E-state index contributed by atoms with van der Waals surface area (Å²) in [6.07, 6.45) is -0.0621. The van der Waals surface area contributed by atoms with Crippen molar-refractivity contribution >= 4 is 33.3 Å². The summed E-state index contributed by atoms with van der Waals surface area (Å²) in [4.78, 5) is 30.3. The predicted octanol–water partition coefficient (Wildman–Crippen LogP) is 1.72. The predicted molar refractivity (Wildman–Crippen MR) is 117 cm³/mol. The molecule has 3 heterocycles. The van der Waals surface area contributed by atoms with Gasteiger partial charge in [-0.25, -0.2) is 27.0 Å². The Kier molecular flexibility index (Phi) is 6.19. The highest BCUT2D eigenvalue weighted by molar-refractivity contribution is 7.91. The van der Waals surface area contributed by atoms with E-state index in [9.17, 15) is 26.8 Å². The summed E-state index contributed by atoms with van der Waals surface area (Å²) in [5, 5.41) is 2.53. The minimum Gasteiger partial charge on any atom is -0.442 e. The number of hydrogen-bond acceptors (Lipinski definition) is 7. The summed E-state index contributed by atoms with van der Waals surface area (Å²) < 4.78 is 58.1. The summed E-state index contributed by atoms with van der Waals surface area (Å²) in [5.41, 5.74) is -0.0815. The van der Waals surface area contributed by atoms with E-state index in [0.29, 0.717) is 18.9 Å². The van der Waals surface area contributed by atoms with Crippen LogP contribution in [-0.4, -0.2) is 69.2 Å². The van der Waals surface area contributed by atoms with E-state index < -0.39 is 33.7 Å². The molecule has 33 heavy (non-hydrogen) atoms. The van der Waals surface area contributed by atoms with Crippen LogP contribution in [0.15, 0.2) is 30.5 Å². The Morgan fingerprint density at radius 3 is 2.45 bits per heavy atom. The number of rotatable bonds is 5. The van der Waals surface area contributed by atoms with Crippen LogP contribution >= 0.6 is 0 Å². The number of anilines is 2. The molecular weight excluding hydrogens is 458 g/mol. The molecule has 1 aromatic carbocycles. The van der Waals surface area contributed by atoms with Crippen LogP contribution in [0.1, 0.15) is 6.92 Å². The molecule has 0 radical (unpaired) electrons. The fraction of sp³-hybridized carbons (Fsp3) is 0.381. The molecule has 176 valence electrons. The van der Waals surface area contributed by atoms with Gasteiger partial charge in [-0.2, -0.15) is 0 Å². The van der Waals surface area contributed by atoms with Gasteiger partial charge in [-0.15, -0.1) is 0 Å². The molecule has 0 aliphatic carbocycles. The molecule has 0 spiro atoms. The van der Waals surface area contributed by atoms with E-state index in [1.54, 1.807) is 11.0 Å². The third-order valence-corrected chi connectivity index (χ3v) is 7.11. The minimum absolute atomic E-state index is 0.00294. The number of pyridine rings is 1. The van der Waals surface area contributed by atoms with E-state index in [1.807, 2.05) is 0 Å². The van der Waals surface area contributed by atoms with E-state index in [0.717, 1.165) is 17.0 Å². The molecule has 2 fully saturated rings. The van der Waals surface area contributed by atoms with Crippen molar-refractivity contribution in [2.24, 2.45) is 0 Å². The summed E-state index contributed by atoms with van der Waals surface area (Å²) in [6.45, 7) is 2.08. The fourth-order valence-electron chi connectivity index (χ4n) is 3.75. The number of halogens is 2. The lowest BCUT2D eigenvalue weighted by Crippen LogP contribution is -2.40. The molecule has 2 aliphatic rings. The average Bonchev–Trinajstić information content (AvgIpc) is 3.13. The van der Waals surface area contributed by atoms with Crippen molar-refractivity contribution in [1.29, 1.82) is 0 Å². The van der Waals surface area contributed by atoms with Crippen LogP contribution < -0.4 is 15.1 Å². The van der Waals surface area contributed by atoms with Gasteiger partial charge in [0, 0.05) is 31.8 Å². The van der Waals surface area contributed by atoms with Crippen LogP contribution in [0.2, 0.25) is 0 Å². The van der Waals surface area contributed by atoms with Crippen LogP contribution in [0.25, 0.3) is 11.1 Å². The molecular formula is C21H22F2N4O5S. The van der Waals surface area contributed by atoms with Crippen LogP contribution in [0, 0.1) is 11.6 Å². The Morgan fingerprint density at radius 1 is 1.21 bits per heavy atom. The van der Waals surface area contributed by atoms with Crippen molar-refractivity contribution in [3.8, 4) is 11.1 Å². The van der Waals surface area contributed by atoms with Gasteiger partial charge in [0.05, 0.1) is 35.8 Å². The molecule has 2 aliphatic heterocycles. The zero-order valence-electron chi connectivity index (χ0n) is 17.8. The largest absolute Gasteiger partial charge is 0.442 e. The van der Waals surface area contributed by atoms with E-state index in [1.165, 1.54) is 19.2 Å². The quantitative estimate of drug-likeness (QED) is 0.694. The molecule has 4 rings (SSSR count). The maximum atomic E-state index is 14.9. The molecule has 9 nitrogen and oxygen atoms in total. The second-order valence-corrected chi connectivity index (χ2v) is 10.2. The third kappa shape index (κ3) is 5.05. The molecule has 1 atom stereocenters. The van der Waals surface area contributed by atoms with Gasteiger partial charge < -0.3 is 15.0 Å². The first kappa shape index (κ1) is 22.9. The van der Waals surface area contributed by atoms with Crippen molar-refractivity contribution < 1.29 is 31.5 Å². The Balaban J connectivity index is 1.51. The Labute approximate surface area is 189 Å². The molecule has 1 N–H and O–H groups in total. The number of aromatic nitrogens is 1. The first-order chi connectivity index (χ1) is 15.6. The lowest BCUT2D eigenvalue weighted by molar-refractivity contribution is -0.119. The van der Waals surface area contributed by atoms with Gasteiger partial charge in [0.1, 0.15) is 23.6 Å². The maximum absolute atomic E-state index is 14.9. The van der Waals surface area contributed by atoms with Gasteiger partial charge in [-0.05, 0) is 24.3 Å². The van der Waals surface area contributed by atoms with Crippen LogP contribution in [0.5, 0.6) is 0 Å². The zero-order valence-corrected chi connectivity index (χ0v) is 18.6. The number of hydrogen-bond donors (Lipinski definition) is 1. The van der Waals surface area contributed by atoms with Gasteiger partial charge >= 0.3 is 6.09 Å². The average molecular weight is 480 g/mol. The van der Waals surface area contributed by atoms with Gasteiger partial charge in [0.2, 0.25) is 5.91 Å². The molecule has 1 aromatic heterocycles. The highest BCUT2D eigenvalue weighted by Crippen LogP contribution is 2.32. The van der Waals surface area contributed by atoms with Gasteiger partial charge in [-0.1, -0.05) is 0 Å². The summed E-state index contributed by atoms with van der Waals surface area (Å²) >= 11 is 0.